The van der Waals surface area contributed by atoms with Crippen molar-refractivity contribution in [1.29, 1.82) is 0 Å². The van der Waals surface area contributed by atoms with Crippen molar-refractivity contribution >= 4 is 5.91 Å². The number of halogens is 1. The molecule has 104 valence electrons. The minimum Gasteiger partial charge on any atom is -0.341 e. The Bertz CT molecular complexity index is 444. The van der Waals surface area contributed by atoms with Gasteiger partial charge < -0.3 is 9.80 Å². The lowest BCUT2D eigenvalue weighted by Crippen LogP contribution is -2.38. The second-order valence-electron chi connectivity index (χ2n) is 5.29. The van der Waals surface area contributed by atoms with Crippen molar-refractivity contribution in [2.75, 3.05) is 33.7 Å². The van der Waals surface area contributed by atoms with Crippen molar-refractivity contribution in [3.05, 3.63) is 29.8 Å². The third-order valence-corrected chi connectivity index (χ3v) is 3.72. The number of pyridine rings is 1. The van der Waals surface area contributed by atoms with Crippen molar-refractivity contribution < 1.29 is 9.18 Å². The number of amides is 1. The molecule has 1 aromatic heterocycles. The summed E-state index contributed by atoms with van der Waals surface area (Å²) in [4.78, 5) is 19.7. The van der Waals surface area contributed by atoms with Gasteiger partial charge in [-0.2, -0.15) is 0 Å². The highest BCUT2D eigenvalue weighted by Gasteiger charge is 2.22. The van der Waals surface area contributed by atoms with Gasteiger partial charge in [0.1, 0.15) is 0 Å². The molecule has 0 unspecified atom stereocenters. The molecule has 0 saturated carbocycles. The van der Waals surface area contributed by atoms with Gasteiger partial charge in [-0.1, -0.05) is 0 Å². The average molecular weight is 265 g/mol. The van der Waals surface area contributed by atoms with Crippen LogP contribution >= 0.6 is 0 Å². The lowest BCUT2D eigenvalue weighted by molar-refractivity contribution is 0.0742. The van der Waals surface area contributed by atoms with E-state index in [1.54, 1.807) is 11.9 Å². The largest absolute Gasteiger partial charge is 0.341 e. The summed E-state index contributed by atoms with van der Waals surface area (Å²) in [5, 5.41) is 0. The van der Waals surface area contributed by atoms with Crippen LogP contribution in [0.3, 0.4) is 0 Å². The number of hydrogen-bond acceptors (Lipinski definition) is 3. The second-order valence-corrected chi connectivity index (χ2v) is 5.29. The molecule has 0 aromatic carbocycles. The molecule has 0 N–H and O–H groups in total. The minimum atomic E-state index is -0.553. The molecular formula is C14H20FN3O. The zero-order valence-corrected chi connectivity index (χ0v) is 11.5. The molecule has 2 rings (SSSR count). The summed E-state index contributed by atoms with van der Waals surface area (Å²) < 4.78 is 13.5. The number of piperidine rings is 1. The van der Waals surface area contributed by atoms with E-state index in [-0.39, 0.29) is 11.5 Å². The van der Waals surface area contributed by atoms with Gasteiger partial charge in [-0.15, -0.1) is 0 Å². The van der Waals surface area contributed by atoms with Gasteiger partial charge in [-0.05, 0) is 45.0 Å². The zero-order chi connectivity index (χ0) is 13.8. The first kappa shape index (κ1) is 13.9. The molecule has 4 nitrogen and oxygen atoms in total. The number of carbonyl (C=O) groups is 1. The predicted octanol–water partition coefficient (Wildman–Crippen LogP) is 1.63. The molecule has 1 fully saturated rings. The lowest BCUT2D eigenvalue weighted by atomic mass is 9.96. The maximum absolute atomic E-state index is 13.5. The fraction of sp³-hybridized carbons (Fsp3) is 0.571. The van der Waals surface area contributed by atoms with E-state index in [9.17, 15) is 9.18 Å². The summed E-state index contributed by atoms with van der Waals surface area (Å²) >= 11 is 0. The second kappa shape index (κ2) is 6.10. The number of likely N-dealkylation sites (tertiary alicyclic amines) is 1. The van der Waals surface area contributed by atoms with E-state index in [4.69, 9.17) is 0 Å². The summed E-state index contributed by atoms with van der Waals surface area (Å²) in [7, 11) is 3.85. The van der Waals surface area contributed by atoms with Crippen LogP contribution in [0.5, 0.6) is 0 Å². The summed E-state index contributed by atoms with van der Waals surface area (Å²) in [5.74, 6) is -0.309. The third kappa shape index (κ3) is 3.50. The highest BCUT2D eigenvalue weighted by molar-refractivity contribution is 5.94. The normalized spacial score (nSPS) is 17.4. The van der Waals surface area contributed by atoms with Crippen LogP contribution in [0, 0.1) is 11.7 Å². The smallest absolute Gasteiger partial charge is 0.256 e. The number of carbonyl (C=O) groups excluding carboxylic acids is 1. The fourth-order valence-corrected chi connectivity index (χ4v) is 2.47. The maximum Gasteiger partial charge on any atom is 0.256 e. The van der Waals surface area contributed by atoms with Crippen LogP contribution in [0.25, 0.3) is 0 Å². The van der Waals surface area contributed by atoms with Gasteiger partial charge >= 0.3 is 0 Å². The van der Waals surface area contributed by atoms with Gasteiger partial charge in [0.15, 0.2) is 5.82 Å². The Morgan fingerprint density at radius 3 is 2.84 bits per heavy atom. The van der Waals surface area contributed by atoms with Crippen LogP contribution in [0.2, 0.25) is 0 Å². The Balaban J connectivity index is 1.94. The van der Waals surface area contributed by atoms with E-state index < -0.39 is 5.82 Å². The Kier molecular flexibility index (Phi) is 4.47. The molecule has 1 aliphatic heterocycles. The van der Waals surface area contributed by atoms with E-state index in [0.29, 0.717) is 12.5 Å². The molecule has 0 aliphatic carbocycles. The lowest BCUT2D eigenvalue weighted by Gasteiger charge is -2.31. The van der Waals surface area contributed by atoms with Crippen LogP contribution in [0.1, 0.15) is 23.2 Å². The van der Waals surface area contributed by atoms with E-state index in [1.165, 1.54) is 12.3 Å². The number of nitrogens with zero attached hydrogens (tertiary/aromatic N) is 3. The molecule has 0 bridgehead atoms. The standard InChI is InChI=1S/C14H20FN3O/c1-17-7-4-11(5-8-17)10-18(2)14(19)12-3-6-16-9-13(12)15/h3,6,9,11H,4-5,7-8,10H2,1-2H3. The quantitative estimate of drug-likeness (QED) is 0.833. The fourth-order valence-electron chi connectivity index (χ4n) is 2.47. The van der Waals surface area contributed by atoms with Crippen molar-refractivity contribution in [3.63, 3.8) is 0 Å². The van der Waals surface area contributed by atoms with E-state index >= 15 is 0 Å². The van der Waals surface area contributed by atoms with Crippen LogP contribution in [-0.2, 0) is 0 Å². The molecule has 0 radical (unpaired) electrons. The van der Waals surface area contributed by atoms with Crippen LogP contribution in [0.15, 0.2) is 18.5 Å². The van der Waals surface area contributed by atoms with Gasteiger partial charge in [-0.25, -0.2) is 4.39 Å². The first-order chi connectivity index (χ1) is 9.08. The van der Waals surface area contributed by atoms with E-state index in [2.05, 4.69) is 16.9 Å². The molecule has 1 aliphatic rings. The molecule has 2 heterocycles. The summed E-state index contributed by atoms with van der Waals surface area (Å²) in [5.41, 5.74) is 0.102. The summed E-state index contributed by atoms with van der Waals surface area (Å²) in [6.07, 6.45) is 4.70. The van der Waals surface area contributed by atoms with Gasteiger partial charge in [-0.3, -0.25) is 9.78 Å². The Morgan fingerprint density at radius 1 is 1.53 bits per heavy atom. The minimum absolute atomic E-state index is 0.102. The number of hydrogen-bond donors (Lipinski definition) is 0. The highest BCUT2D eigenvalue weighted by atomic mass is 19.1. The molecule has 0 atom stereocenters. The van der Waals surface area contributed by atoms with Crippen LogP contribution in [0.4, 0.5) is 4.39 Å². The van der Waals surface area contributed by atoms with Crippen LogP contribution < -0.4 is 0 Å². The third-order valence-electron chi connectivity index (χ3n) is 3.72. The average Bonchev–Trinajstić information content (AvgIpc) is 2.41. The topological polar surface area (TPSA) is 36.4 Å². The molecule has 0 spiro atoms. The zero-order valence-electron chi connectivity index (χ0n) is 11.5. The predicted molar refractivity (Wildman–Crippen MR) is 71.4 cm³/mol. The first-order valence-corrected chi connectivity index (χ1v) is 6.61. The molecular weight excluding hydrogens is 245 g/mol. The van der Waals surface area contributed by atoms with Gasteiger partial charge in [0.05, 0.1) is 11.8 Å². The maximum atomic E-state index is 13.5. The Morgan fingerprint density at radius 2 is 2.21 bits per heavy atom. The molecule has 1 amide bonds. The van der Waals surface area contributed by atoms with E-state index in [1.807, 2.05) is 0 Å². The van der Waals surface area contributed by atoms with E-state index in [0.717, 1.165) is 32.1 Å². The van der Waals surface area contributed by atoms with Crippen molar-refractivity contribution in [3.8, 4) is 0 Å². The van der Waals surface area contributed by atoms with Gasteiger partial charge in [0.25, 0.3) is 5.91 Å². The molecule has 1 saturated heterocycles. The molecule has 19 heavy (non-hydrogen) atoms. The SMILES string of the molecule is CN1CCC(CN(C)C(=O)c2ccncc2F)CC1. The summed E-state index contributed by atoms with van der Waals surface area (Å²) in [6, 6.07) is 1.43. The molecule has 5 heteroatoms. The molecule has 1 aromatic rings. The van der Waals surface area contributed by atoms with Gasteiger partial charge in [0.2, 0.25) is 0 Å². The van der Waals surface area contributed by atoms with Crippen molar-refractivity contribution in [2.45, 2.75) is 12.8 Å². The van der Waals surface area contributed by atoms with Crippen molar-refractivity contribution in [1.82, 2.24) is 14.8 Å². The summed E-state index contributed by atoms with van der Waals surface area (Å²) in [6.45, 7) is 2.82. The number of aromatic nitrogens is 1. The van der Waals surface area contributed by atoms with Gasteiger partial charge in [0, 0.05) is 19.8 Å². The Hall–Kier alpha value is -1.49. The number of rotatable bonds is 3. The van der Waals surface area contributed by atoms with Crippen LogP contribution in [-0.4, -0.2) is 54.4 Å². The Labute approximate surface area is 113 Å². The highest BCUT2D eigenvalue weighted by Crippen LogP contribution is 2.18. The first-order valence-electron chi connectivity index (χ1n) is 6.61. The van der Waals surface area contributed by atoms with Crippen molar-refractivity contribution in [2.24, 2.45) is 5.92 Å². The monoisotopic (exact) mass is 265 g/mol.